The van der Waals surface area contributed by atoms with Crippen LogP contribution >= 0.6 is 0 Å². The third-order valence-electron chi connectivity index (χ3n) is 5.73. The quantitative estimate of drug-likeness (QED) is 0.231. The lowest BCUT2D eigenvalue weighted by Gasteiger charge is -2.19. The van der Waals surface area contributed by atoms with E-state index in [2.05, 4.69) is 40.6 Å². The van der Waals surface area contributed by atoms with E-state index in [0.717, 1.165) is 0 Å². The van der Waals surface area contributed by atoms with Gasteiger partial charge in [0.15, 0.2) is 0 Å². The minimum Gasteiger partial charge on any atom is -0.469 e. The lowest BCUT2D eigenvalue weighted by atomic mass is 10.0. The number of halogens is 1. The molecule has 0 spiro atoms. The van der Waals surface area contributed by atoms with Gasteiger partial charge in [0.1, 0.15) is 5.82 Å². The molecule has 0 bridgehead atoms. The number of amides is 1. The van der Waals surface area contributed by atoms with E-state index in [4.69, 9.17) is 0 Å². The van der Waals surface area contributed by atoms with Crippen molar-refractivity contribution in [3.63, 3.8) is 0 Å². The van der Waals surface area contributed by atoms with Crippen molar-refractivity contribution in [3.8, 4) is 5.69 Å². The monoisotopic (exact) mass is 568 g/mol. The lowest BCUT2D eigenvalue weighted by Crippen LogP contribution is -2.29. The molecule has 2 heterocycles. The number of nitrogens with one attached hydrogen (secondary N) is 1. The third-order valence-corrected chi connectivity index (χ3v) is 7.05. The van der Waals surface area contributed by atoms with Crippen molar-refractivity contribution in [2.75, 3.05) is 12.9 Å². The van der Waals surface area contributed by atoms with E-state index in [1.54, 1.807) is 54.4 Å². The molecule has 1 amide bonds. The van der Waals surface area contributed by atoms with Gasteiger partial charge in [-0.2, -0.15) is 5.10 Å². The maximum atomic E-state index is 13.4. The predicted octanol–water partition coefficient (Wildman–Crippen LogP) is 5.81. The summed E-state index contributed by atoms with van der Waals surface area (Å²) in [5.41, 5.74) is 2.89. The number of ether oxygens (including phenoxy) is 1. The van der Waals surface area contributed by atoms with E-state index in [0.29, 0.717) is 39.4 Å². The van der Waals surface area contributed by atoms with E-state index in [1.165, 1.54) is 31.9 Å². The number of hydrogen-bond acceptors (Lipinski definition) is 6. The normalized spacial score (nSPS) is 12.5. The Balaban J connectivity index is 0.00000178. The number of carbonyl (C=O) groups excluding carboxylic acids is 2. The van der Waals surface area contributed by atoms with Gasteiger partial charge in [0, 0.05) is 29.3 Å². The number of nitrogens with zero attached hydrogens (tertiary/aromatic N) is 3. The van der Waals surface area contributed by atoms with Crippen molar-refractivity contribution in [3.05, 3.63) is 84.2 Å². The van der Waals surface area contributed by atoms with Gasteiger partial charge in [-0.25, -0.2) is 9.07 Å². The Morgan fingerprint density at radius 2 is 1.85 bits per heavy atom. The van der Waals surface area contributed by atoms with Crippen LogP contribution in [-0.2, 0) is 25.1 Å². The van der Waals surface area contributed by atoms with Gasteiger partial charge in [0.05, 0.1) is 52.8 Å². The standard InChI is InChI=1S/C27H29FN4O4S.C3H8/c1-5-22(23-17-30-32(25(23)7-3)20-10-8-19(28)9-11-20)27(34)31-24(6-2)18-14-21(16-29-15-18)37(35)13-12-26(33)36-4;1-3-2/h5,7-11,14-17,24H,3,6,12-13H2,1-2,4H3,(H,31,34);3H2,1-2H3/b22-5+;. The smallest absolute Gasteiger partial charge is 0.306 e. The summed E-state index contributed by atoms with van der Waals surface area (Å²) in [5, 5.41) is 7.41. The van der Waals surface area contributed by atoms with Crippen LogP contribution in [0.4, 0.5) is 4.39 Å². The highest BCUT2D eigenvalue weighted by Gasteiger charge is 2.22. The number of benzene rings is 1. The van der Waals surface area contributed by atoms with Crippen molar-refractivity contribution >= 4 is 34.3 Å². The molecular formula is C30H37FN4O4S. The third kappa shape index (κ3) is 8.54. The first kappa shape index (κ1) is 32.3. The highest BCUT2D eigenvalue weighted by molar-refractivity contribution is 7.85. The van der Waals surface area contributed by atoms with Crippen LogP contribution in [0.15, 0.2) is 66.5 Å². The first-order valence-electron chi connectivity index (χ1n) is 13.1. The van der Waals surface area contributed by atoms with Crippen LogP contribution in [0.3, 0.4) is 0 Å². The van der Waals surface area contributed by atoms with Crippen molar-refractivity contribution in [1.29, 1.82) is 0 Å². The Bertz CT molecular complexity index is 1350. The minimum absolute atomic E-state index is 0.0309. The molecule has 2 aromatic heterocycles. The molecule has 2 unspecified atom stereocenters. The fourth-order valence-corrected chi connectivity index (χ4v) is 4.80. The van der Waals surface area contributed by atoms with Crippen LogP contribution in [0.1, 0.15) is 69.8 Å². The van der Waals surface area contributed by atoms with Gasteiger partial charge in [-0.1, -0.05) is 39.8 Å². The van der Waals surface area contributed by atoms with E-state index in [9.17, 15) is 18.2 Å². The molecule has 40 heavy (non-hydrogen) atoms. The molecule has 0 aliphatic heterocycles. The molecule has 0 fully saturated rings. The van der Waals surface area contributed by atoms with E-state index < -0.39 is 22.8 Å². The van der Waals surface area contributed by atoms with Crippen molar-refractivity contribution in [2.45, 2.75) is 57.9 Å². The molecule has 0 aliphatic rings. The van der Waals surface area contributed by atoms with Crippen LogP contribution in [0.25, 0.3) is 17.3 Å². The SMILES string of the molecule is C=Cc1c(/C(=C\C)C(=O)NC(CC)c2cncc(S(=O)CCC(=O)OC)c2)cnn1-c1ccc(F)cc1.CCC. The summed E-state index contributed by atoms with van der Waals surface area (Å²) in [6, 6.07) is 7.19. The molecule has 3 rings (SSSR count). The fraction of sp³-hybridized carbons (Fsp3) is 0.333. The Morgan fingerprint density at radius 1 is 1.18 bits per heavy atom. The number of carbonyl (C=O) groups is 2. The summed E-state index contributed by atoms with van der Waals surface area (Å²) in [4.78, 5) is 29.4. The first-order valence-corrected chi connectivity index (χ1v) is 14.4. The number of esters is 1. The summed E-state index contributed by atoms with van der Waals surface area (Å²) < 4.78 is 32.2. The topological polar surface area (TPSA) is 103 Å². The number of pyridine rings is 1. The van der Waals surface area contributed by atoms with Gasteiger partial charge in [-0.15, -0.1) is 0 Å². The summed E-state index contributed by atoms with van der Waals surface area (Å²) in [6.45, 7) is 11.8. The molecule has 0 aliphatic carbocycles. The van der Waals surface area contributed by atoms with Crippen molar-refractivity contribution in [2.24, 2.45) is 0 Å². The number of methoxy groups -OCH3 is 1. The zero-order chi connectivity index (χ0) is 29.7. The molecule has 0 saturated carbocycles. The van der Waals surface area contributed by atoms with Gasteiger partial charge in [-0.05, 0) is 55.3 Å². The molecule has 0 radical (unpaired) electrons. The zero-order valence-electron chi connectivity index (χ0n) is 23.6. The summed E-state index contributed by atoms with van der Waals surface area (Å²) in [7, 11) is -0.157. The van der Waals surface area contributed by atoms with Crippen LogP contribution in [0, 0.1) is 5.82 Å². The van der Waals surface area contributed by atoms with Crippen LogP contribution < -0.4 is 5.32 Å². The molecule has 2 atom stereocenters. The first-order chi connectivity index (χ1) is 19.2. The van der Waals surface area contributed by atoms with Gasteiger partial charge < -0.3 is 10.1 Å². The summed E-state index contributed by atoms with van der Waals surface area (Å²) in [5.74, 6) is -1.00. The average molecular weight is 569 g/mol. The highest BCUT2D eigenvalue weighted by atomic mass is 32.2. The predicted molar refractivity (Wildman–Crippen MR) is 157 cm³/mol. The highest BCUT2D eigenvalue weighted by Crippen LogP contribution is 2.26. The average Bonchev–Trinajstić information content (AvgIpc) is 3.39. The van der Waals surface area contributed by atoms with Crippen molar-refractivity contribution < 1.29 is 22.9 Å². The zero-order valence-corrected chi connectivity index (χ0v) is 24.5. The Morgan fingerprint density at radius 3 is 2.42 bits per heavy atom. The van der Waals surface area contributed by atoms with Gasteiger partial charge in [0.25, 0.3) is 5.91 Å². The van der Waals surface area contributed by atoms with E-state index in [-0.39, 0.29) is 23.9 Å². The second kappa shape index (κ2) is 16.2. The van der Waals surface area contributed by atoms with Crippen LogP contribution in [-0.4, -0.2) is 43.7 Å². The summed E-state index contributed by atoms with van der Waals surface area (Å²) >= 11 is 0. The number of allylic oxidation sites excluding steroid dienone is 1. The number of aromatic nitrogens is 3. The fourth-order valence-electron chi connectivity index (χ4n) is 3.76. The van der Waals surface area contributed by atoms with E-state index in [1.807, 2.05) is 6.92 Å². The molecule has 10 heteroatoms. The molecule has 8 nitrogen and oxygen atoms in total. The van der Waals surface area contributed by atoms with Gasteiger partial charge in [0.2, 0.25) is 0 Å². The molecule has 214 valence electrons. The van der Waals surface area contributed by atoms with Gasteiger partial charge in [-0.3, -0.25) is 18.8 Å². The lowest BCUT2D eigenvalue weighted by molar-refractivity contribution is -0.140. The van der Waals surface area contributed by atoms with Crippen LogP contribution in [0.2, 0.25) is 0 Å². The van der Waals surface area contributed by atoms with Crippen LogP contribution in [0.5, 0.6) is 0 Å². The molecule has 1 aromatic carbocycles. The summed E-state index contributed by atoms with van der Waals surface area (Å²) in [6.07, 6.45) is 9.81. The number of rotatable bonds is 11. The van der Waals surface area contributed by atoms with E-state index >= 15 is 0 Å². The van der Waals surface area contributed by atoms with Gasteiger partial charge >= 0.3 is 5.97 Å². The molecule has 0 saturated heterocycles. The Labute approximate surface area is 237 Å². The maximum absolute atomic E-state index is 13.4. The minimum atomic E-state index is -1.44. The molecule has 1 N–H and O–H groups in total. The second-order valence-electron chi connectivity index (χ2n) is 8.71. The number of hydrogen-bond donors (Lipinski definition) is 1. The Kier molecular flexibility index (Phi) is 13.1. The molecule has 3 aromatic rings. The molecular weight excluding hydrogens is 531 g/mol. The van der Waals surface area contributed by atoms with Crippen molar-refractivity contribution in [1.82, 2.24) is 20.1 Å². The Hall–Kier alpha value is -3.92. The largest absolute Gasteiger partial charge is 0.469 e. The maximum Gasteiger partial charge on any atom is 0.306 e. The second-order valence-corrected chi connectivity index (χ2v) is 10.3.